The number of carbonyl (C=O) groups is 1. The summed E-state index contributed by atoms with van der Waals surface area (Å²) in [5, 5.41) is 10.1. The number of benzene rings is 2. The van der Waals surface area contributed by atoms with Crippen molar-refractivity contribution in [3.05, 3.63) is 58.6 Å². The Bertz CT molecular complexity index is 916. The lowest BCUT2D eigenvalue weighted by Crippen LogP contribution is -2.25. The predicted octanol–water partition coefficient (Wildman–Crippen LogP) is 5.19. The summed E-state index contributed by atoms with van der Waals surface area (Å²) >= 11 is 7.30. The van der Waals surface area contributed by atoms with Crippen LogP contribution in [0, 0.1) is 0 Å². The zero-order valence-corrected chi connectivity index (χ0v) is 18.0. The number of aromatic carboxylic acids is 1. The van der Waals surface area contributed by atoms with Gasteiger partial charge in [0.2, 0.25) is 10.0 Å². The number of thioether (sulfide) groups is 1. The van der Waals surface area contributed by atoms with Crippen LogP contribution in [0.5, 0.6) is 0 Å². The lowest BCUT2D eigenvalue weighted by Gasteiger charge is -2.11. The number of rotatable bonds is 11. The first-order chi connectivity index (χ1) is 13.3. The van der Waals surface area contributed by atoms with Gasteiger partial charge in [0.25, 0.3) is 0 Å². The summed E-state index contributed by atoms with van der Waals surface area (Å²) in [4.78, 5) is 12.1. The van der Waals surface area contributed by atoms with Gasteiger partial charge in [-0.15, -0.1) is 11.8 Å². The van der Waals surface area contributed by atoms with Gasteiger partial charge in [0, 0.05) is 22.2 Å². The molecule has 5 nitrogen and oxygen atoms in total. The molecule has 2 aromatic rings. The molecule has 28 heavy (non-hydrogen) atoms. The van der Waals surface area contributed by atoms with Crippen LogP contribution in [-0.4, -0.2) is 26.0 Å². The Kier molecular flexibility index (Phi) is 8.82. The van der Waals surface area contributed by atoms with E-state index in [0.717, 1.165) is 31.2 Å². The van der Waals surface area contributed by atoms with E-state index in [0.29, 0.717) is 22.2 Å². The van der Waals surface area contributed by atoms with Crippen molar-refractivity contribution in [1.82, 2.24) is 4.72 Å². The summed E-state index contributed by atoms with van der Waals surface area (Å²) in [6.07, 6.45) is 3.84. The first kappa shape index (κ1) is 22.7. The molecule has 0 bridgehead atoms. The maximum atomic E-state index is 12.4. The van der Waals surface area contributed by atoms with Crippen LogP contribution in [0.1, 0.15) is 48.5 Å². The summed E-state index contributed by atoms with van der Waals surface area (Å²) in [6, 6.07) is 11.5. The fourth-order valence-electron chi connectivity index (χ4n) is 2.60. The van der Waals surface area contributed by atoms with E-state index >= 15 is 0 Å². The number of hydrogen-bond donors (Lipinski definition) is 2. The van der Waals surface area contributed by atoms with Crippen molar-refractivity contribution in [3.8, 4) is 0 Å². The van der Waals surface area contributed by atoms with Crippen molar-refractivity contribution in [2.45, 2.75) is 48.2 Å². The molecule has 0 spiro atoms. The molecule has 0 aliphatic carbocycles. The van der Waals surface area contributed by atoms with Crippen molar-refractivity contribution >= 4 is 39.4 Å². The second-order valence-electron chi connectivity index (χ2n) is 6.34. The number of carboxylic acid groups (broad SMARTS) is 1. The quantitative estimate of drug-likeness (QED) is 0.370. The first-order valence-electron chi connectivity index (χ1n) is 9.07. The third-order valence-corrected chi connectivity index (χ3v) is 6.94. The summed E-state index contributed by atoms with van der Waals surface area (Å²) in [5.41, 5.74) is 0.931. The second-order valence-corrected chi connectivity index (χ2v) is 9.56. The molecule has 0 atom stereocenters. The van der Waals surface area contributed by atoms with E-state index in [1.165, 1.54) is 23.9 Å². The van der Waals surface area contributed by atoms with E-state index in [1.54, 1.807) is 12.1 Å². The van der Waals surface area contributed by atoms with Gasteiger partial charge in [0.05, 0.1) is 10.5 Å². The highest BCUT2D eigenvalue weighted by Gasteiger charge is 2.19. The largest absolute Gasteiger partial charge is 0.478 e. The third kappa shape index (κ3) is 6.81. The van der Waals surface area contributed by atoms with Crippen molar-refractivity contribution in [1.29, 1.82) is 0 Å². The molecule has 2 N–H and O–H groups in total. The minimum absolute atomic E-state index is 0.0270. The summed E-state index contributed by atoms with van der Waals surface area (Å²) in [6.45, 7) is 2.43. The van der Waals surface area contributed by atoms with E-state index in [1.807, 2.05) is 18.2 Å². The smallest absolute Gasteiger partial charge is 0.336 e. The Balaban J connectivity index is 2.12. The Labute approximate surface area is 175 Å². The predicted molar refractivity (Wildman–Crippen MR) is 114 cm³/mol. The zero-order valence-electron chi connectivity index (χ0n) is 15.7. The number of hydrogen-bond acceptors (Lipinski definition) is 4. The Morgan fingerprint density at radius 2 is 1.93 bits per heavy atom. The van der Waals surface area contributed by atoms with Gasteiger partial charge in [0.15, 0.2) is 0 Å². The summed E-state index contributed by atoms with van der Waals surface area (Å²) in [7, 11) is -3.73. The van der Waals surface area contributed by atoms with E-state index in [9.17, 15) is 18.3 Å². The molecule has 2 aromatic carbocycles. The molecule has 0 aliphatic heterocycles. The summed E-state index contributed by atoms with van der Waals surface area (Å²) in [5.74, 6) is -0.628. The Morgan fingerprint density at radius 3 is 2.61 bits per heavy atom. The van der Waals surface area contributed by atoms with Crippen LogP contribution in [0.4, 0.5) is 0 Å². The third-order valence-electron chi connectivity index (χ3n) is 4.10. The van der Waals surface area contributed by atoms with Crippen LogP contribution in [-0.2, 0) is 15.8 Å². The maximum absolute atomic E-state index is 12.4. The van der Waals surface area contributed by atoms with Crippen LogP contribution in [0.2, 0.25) is 5.02 Å². The maximum Gasteiger partial charge on any atom is 0.336 e. The second kappa shape index (κ2) is 10.9. The molecular weight excluding hydrogens is 418 g/mol. The molecule has 152 valence electrons. The minimum Gasteiger partial charge on any atom is -0.478 e. The van der Waals surface area contributed by atoms with Crippen LogP contribution < -0.4 is 4.72 Å². The molecule has 0 saturated heterocycles. The van der Waals surface area contributed by atoms with Gasteiger partial charge in [-0.25, -0.2) is 17.9 Å². The van der Waals surface area contributed by atoms with E-state index in [4.69, 9.17) is 11.6 Å². The van der Waals surface area contributed by atoms with Crippen LogP contribution in [0.15, 0.2) is 52.3 Å². The highest BCUT2D eigenvalue weighted by molar-refractivity contribution is 7.98. The molecule has 0 radical (unpaired) electrons. The monoisotopic (exact) mass is 441 g/mol. The average Bonchev–Trinajstić information content (AvgIpc) is 2.66. The molecule has 0 heterocycles. The normalized spacial score (nSPS) is 11.5. The molecular formula is C20H24ClNO4S2. The molecule has 0 unspecified atom stereocenters. The number of carboxylic acids is 1. The van der Waals surface area contributed by atoms with Crippen molar-refractivity contribution in [3.63, 3.8) is 0 Å². The molecule has 0 saturated carbocycles. The van der Waals surface area contributed by atoms with Gasteiger partial charge >= 0.3 is 5.97 Å². The van der Waals surface area contributed by atoms with Gasteiger partial charge in [-0.3, -0.25) is 0 Å². The van der Waals surface area contributed by atoms with Crippen molar-refractivity contribution < 1.29 is 18.3 Å². The molecule has 8 heteroatoms. The van der Waals surface area contributed by atoms with Gasteiger partial charge in [0.1, 0.15) is 0 Å². The molecule has 0 aromatic heterocycles. The van der Waals surface area contributed by atoms with Crippen molar-refractivity contribution in [2.24, 2.45) is 0 Å². The van der Waals surface area contributed by atoms with E-state index in [-0.39, 0.29) is 10.5 Å². The Morgan fingerprint density at radius 1 is 1.14 bits per heavy atom. The lowest BCUT2D eigenvalue weighted by molar-refractivity contribution is 0.0693. The van der Waals surface area contributed by atoms with E-state index in [2.05, 4.69) is 11.6 Å². The molecule has 0 aliphatic rings. The first-order valence-corrected chi connectivity index (χ1v) is 11.9. The summed E-state index contributed by atoms with van der Waals surface area (Å²) < 4.78 is 27.4. The number of unbranched alkanes of at least 4 members (excludes halogenated alkanes) is 3. The fourth-order valence-corrected chi connectivity index (χ4v) is 4.88. The minimum atomic E-state index is -3.73. The zero-order chi connectivity index (χ0) is 20.6. The fraction of sp³-hybridized carbons (Fsp3) is 0.350. The van der Waals surface area contributed by atoms with Gasteiger partial charge in [-0.2, -0.15) is 0 Å². The molecule has 0 amide bonds. The van der Waals surface area contributed by atoms with Crippen LogP contribution in [0.25, 0.3) is 0 Å². The number of halogens is 1. The van der Waals surface area contributed by atoms with Gasteiger partial charge in [-0.1, -0.05) is 49.9 Å². The number of nitrogens with one attached hydrogen (secondary N) is 1. The Hall–Kier alpha value is -1.54. The van der Waals surface area contributed by atoms with E-state index < -0.39 is 16.0 Å². The SMILES string of the molecule is CCCCCCNS(=O)(=O)c1ccc(SCc2cccc(Cl)c2)c(C(=O)O)c1. The lowest BCUT2D eigenvalue weighted by atomic mass is 10.2. The van der Waals surface area contributed by atoms with Crippen LogP contribution >= 0.6 is 23.4 Å². The highest BCUT2D eigenvalue weighted by Crippen LogP contribution is 2.29. The standard InChI is InChI=1S/C20H24ClNO4S2/c1-2-3-4-5-11-22-28(25,26)17-9-10-19(18(13-17)20(23)24)27-14-15-7-6-8-16(21)12-15/h6-10,12-13,22H,2-5,11,14H2,1H3,(H,23,24). The topological polar surface area (TPSA) is 83.5 Å². The average molecular weight is 442 g/mol. The van der Waals surface area contributed by atoms with Crippen molar-refractivity contribution in [2.75, 3.05) is 6.54 Å². The van der Waals surface area contributed by atoms with Gasteiger partial charge in [-0.05, 0) is 42.3 Å². The molecule has 2 rings (SSSR count). The molecule has 0 fully saturated rings. The van der Waals surface area contributed by atoms with Gasteiger partial charge < -0.3 is 5.11 Å². The van der Waals surface area contributed by atoms with Crippen LogP contribution in [0.3, 0.4) is 0 Å². The highest BCUT2D eigenvalue weighted by atomic mass is 35.5. The number of sulfonamides is 1.